The molecule has 0 radical (unpaired) electrons. The zero-order valence-electron chi connectivity index (χ0n) is 8.62. The monoisotopic (exact) mass is 181 g/mol. The minimum absolute atomic E-state index is 0.538. The number of carbonyl (C=O) groups excluding carboxylic acids is 1. The Hall–Kier alpha value is -0.530. The number of nitrogens with zero attached hydrogens (tertiary/aromatic N) is 1. The SMILES string of the molecule is CC(C)C1CC2(CCN(C=O)C2)C1. The lowest BCUT2D eigenvalue weighted by molar-refractivity contribution is -0.118. The molecule has 1 saturated carbocycles. The maximum Gasteiger partial charge on any atom is 0.209 e. The molecule has 0 unspecified atom stereocenters. The Kier molecular flexibility index (Phi) is 2.09. The lowest BCUT2D eigenvalue weighted by Crippen LogP contribution is -2.41. The summed E-state index contributed by atoms with van der Waals surface area (Å²) in [5.74, 6) is 1.75. The van der Waals surface area contributed by atoms with E-state index in [2.05, 4.69) is 13.8 Å². The minimum Gasteiger partial charge on any atom is -0.345 e. The van der Waals surface area contributed by atoms with Gasteiger partial charge in [0, 0.05) is 13.1 Å². The second kappa shape index (κ2) is 3.00. The molecule has 0 aromatic heterocycles. The normalized spacial score (nSPS) is 38.4. The first-order chi connectivity index (χ1) is 6.15. The summed E-state index contributed by atoms with van der Waals surface area (Å²) in [5, 5.41) is 0. The van der Waals surface area contributed by atoms with E-state index in [1.54, 1.807) is 0 Å². The van der Waals surface area contributed by atoms with E-state index in [1.807, 2.05) is 4.90 Å². The van der Waals surface area contributed by atoms with Crippen LogP contribution in [-0.2, 0) is 4.79 Å². The molecule has 74 valence electrons. The predicted molar refractivity (Wildman–Crippen MR) is 52.2 cm³/mol. The quantitative estimate of drug-likeness (QED) is 0.596. The van der Waals surface area contributed by atoms with Gasteiger partial charge in [0.2, 0.25) is 6.41 Å². The van der Waals surface area contributed by atoms with E-state index in [4.69, 9.17) is 0 Å². The number of carbonyl (C=O) groups is 1. The molecule has 1 amide bonds. The molecule has 2 fully saturated rings. The summed E-state index contributed by atoms with van der Waals surface area (Å²) in [4.78, 5) is 12.5. The van der Waals surface area contributed by atoms with Crippen molar-refractivity contribution in [2.75, 3.05) is 13.1 Å². The van der Waals surface area contributed by atoms with Crippen molar-refractivity contribution in [1.82, 2.24) is 4.90 Å². The van der Waals surface area contributed by atoms with Crippen LogP contribution in [-0.4, -0.2) is 24.4 Å². The van der Waals surface area contributed by atoms with Gasteiger partial charge >= 0.3 is 0 Å². The fraction of sp³-hybridized carbons (Fsp3) is 0.909. The molecule has 1 saturated heterocycles. The molecule has 1 heterocycles. The lowest BCUT2D eigenvalue weighted by Gasteiger charge is -2.47. The zero-order valence-corrected chi connectivity index (χ0v) is 8.62. The van der Waals surface area contributed by atoms with Gasteiger partial charge in [-0.25, -0.2) is 0 Å². The Morgan fingerprint density at radius 1 is 1.46 bits per heavy atom. The molecule has 2 aliphatic rings. The van der Waals surface area contributed by atoms with Gasteiger partial charge in [0.1, 0.15) is 0 Å². The van der Waals surface area contributed by atoms with Crippen molar-refractivity contribution in [2.45, 2.75) is 33.1 Å². The molecular weight excluding hydrogens is 162 g/mol. The average molecular weight is 181 g/mol. The van der Waals surface area contributed by atoms with Crippen molar-refractivity contribution in [1.29, 1.82) is 0 Å². The van der Waals surface area contributed by atoms with Crippen molar-refractivity contribution in [3.05, 3.63) is 0 Å². The van der Waals surface area contributed by atoms with Crippen molar-refractivity contribution in [3.63, 3.8) is 0 Å². The number of rotatable bonds is 2. The Bertz CT molecular complexity index is 206. The molecule has 0 aromatic rings. The van der Waals surface area contributed by atoms with Gasteiger partial charge in [-0.2, -0.15) is 0 Å². The van der Waals surface area contributed by atoms with Crippen LogP contribution < -0.4 is 0 Å². The Morgan fingerprint density at radius 2 is 2.15 bits per heavy atom. The van der Waals surface area contributed by atoms with E-state index in [0.29, 0.717) is 5.41 Å². The first-order valence-electron chi connectivity index (χ1n) is 5.35. The molecular formula is C11H19NO. The van der Waals surface area contributed by atoms with Crippen LogP contribution in [0.25, 0.3) is 0 Å². The molecule has 2 heteroatoms. The van der Waals surface area contributed by atoms with Gasteiger partial charge in [-0.05, 0) is 36.5 Å². The summed E-state index contributed by atoms with van der Waals surface area (Å²) in [6.45, 7) is 6.64. The summed E-state index contributed by atoms with van der Waals surface area (Å²) >= 11 is 0. The lowest BCUT2D eigenvalue weighted by atomic mass is 9.58. The third-order valence-electron chi connectivity index (χ3n) is 3.95. The molecule has 0 aromatic carbocycles. The van der Waals surface area contributed by atoms with E-state index in [1.165, 1.54) is 19.3 Å². The number of hydrogen-bond donors (Lipinski definition) is 0. The highest BCUT2D eigenvalue weighted by molar-refractivity contribution is 5.48. The molecule has 1 aliphatic carbocycles. The fourth-order valence-corrected chi connectivity index (χ4v) is 2.92. The largest absolute Gasteiger partial charge is 0.345 e. The van der Waals surface area contributed by atoms with E-state index < -0.39 is 0 Å². The molecule has 1 spiro atoms. The maximum absolute atomic E-state index is 10.6. The van der Waals surface area contributed by atoms with E-state index >= 15 is 0 Å². The molecule has 0 N–H and O–H groups in total. The maximum atomic E-state index is 10.6. The highest BCUT2D eigenvalue weighted by atomic mass is 16.1. The Balaban J connectivity index is 1.87. The summed E-state index contributed by atoms with van der Waals surface area (Å²) in [7, 11) is 0. The van der Waals surface area contributed by atoms with E-state index in [0.717, 1.165) is 31.3 Å². The van der Waals surface area contributed by atoms with E-state index in [9.17, 15) is 4.79 Å². The summed E-state index contributed by atoms with van der Waals surface area (Å²) in [5.41, 5.74) is 0.538. The third-order valence-corrected chi connectivity index (χ3v) is 3.95. The zero-order chi connectivity index (χ0) is 9.47. The van der Waals surface area contributed by atoms with Crippen LogP contribution in [0.1, 0.15) is 33.1 Å². The highest BCUT2D eigenvalue weighted by Gasteiger charge is 2.48. The average Bonchev–Trinajstić information content (AvgIpc) is 2.44. The molecule has 0 atom stereocenters. The topological polar surface area (TPSA) is 20.3 Å². The van der Waals surface area contributed by atoms with Gasteiger partial charge in [0.05, 0.1) is 0 Å². The number of hydrogen-bond acceptors (Lipinski definition) is 1. The third kappa shape index (κ3) is 1.47. The van der Waals surface area contributed by atoms with Gasteiger partial charge in [-0.3, -0.25) is 4.79 Å². The summed E-state index contributed by atoms with van der Waals surface area (Å²) in [6.07, 6.45) is 4.97. The van der Waals surface area contributed by atoms with Gasteiger partial charge in [-0.1, -0.05) is 13.8 Å². The Morgan fingerprint density at radius 3 is 2.62 bits per heavy atom. The van der Waals surface area contributed by atoms with Crippen LogP contribution >= 0.6 is 0 Å². The van der Waals surface area contributed by atoms with Crippen LogP contribution in [0.5, 0.6) is 0 Å². The van der Waals surface area contributed by atoms with Crippen LogP contribution in [0.4, 0.5) is 0 Å². The van der Waals surface area contributed by atoms with Crippen LogP contribution in [0.15, 0.2) is 0 Å². The number of likely N-dealkylation sites (tertiary alicyclic amines) is 1. The second-order valence-electron chi connectivity index (χ2n) is 5.24. The second-order valence-corrected chi connectivity index (χ2v) is 5.24. The van der Waals surface area contributed by atoms with Crippen molar-refractivity contribution >= 4 is 6.41 Å². The van der Waals surface area contributed by atoms with Crippen LogP contribution in [0.2, 0.25) is 0 Å². The van der Waals surface area contributed by atoms with Gasteiger partial charge in [0.25, 0.3) is 0 Å². The van der Waals surface area contributed by atoms with Crippen molar-refractivity contribution < 1.29 is 4.79 Å². The number of amides is 1. The summed E-state index contributed by atoms with van der Waals surface area (Å²) < 4.78 is 0. The smallest absolute Gasteiger partial charge is 0.209 e. The molecule has 13 heavy (non-hydrogen) atoms. The van der Waals surface area contributed by atoms with Crippen molar-refractivity contribution in [2.24, 2.45) is 17.3 Å². The first kappa shape index (κ1) is 9.04. The summed E-state index contributed by atoms with van der Waals surface area (Å²) in [6, 6.07) is 0. The van der Waals surface area contributed by atoms with E-state index in [-0.39, 0.29) is 0 Å². The minimum atomic E-state index is 0.538. The fourth-order valence-electron chi connectivity index (χ4n) is 2.92. The molecule has 0 bridgehead atoms. The standard InChI is InChI=1S/C11H19NO/c1-9(2)10-5-11(6-10)3-4-12(7-11)8-13/h8-10H,3-7H2,1-2H3. The predicted octanol–water partition coefficient (Wildman–Crippen LogP) is 1.90. The van der Waals surface area contributed by atoms with Gasteiger partial charge in [-0.15, -0.1) is 0 Å². The van der Waals surface area contributed by atoms with Crippen LogP contribution in [0, 0.1) is 17.3 Å². The highest BCUT2D eigenvalue weighted by Crippen LogP contribution is 2.53. The van der Waals surface area contributed by atoms with Gasteiger partial charge < -0.3 is 4.90 Å². The van der Waals surface area contributed by atoms with Crippen molar-refractivity contribution in [3.8, 4) is 0 Å². The first-order valence-corrected chi connectivity index (χ1v) is 5.35. The molecule has 2 rings (SSSR count). The Labute approximate surface area is 80.3 Å². The van der Waals surface area contributed by atoms with Crippen LogP contribution in [0.3, 0.4) is 0 Å². The molecule has 1 aliphatic heterocycles. The molecule has 2 nitrogen and oxygen atoms in total. The van der Waals surface area contributed by atoms with Gasteiger partial charge in [0.15, 0.2) is 0 Å².